The summed E-state index contributed by atoms with van der Waals surface area (Å²) in [6.07, 6.45) is 3.68. The lowest BCUT2D eigenvalue weighted by molar-refractivity contribution is 0.472. The van der Waals surface area contributed by atoms with E-state index in [9.17, 15) is 5.11 Å². The predicted molar refractivity (Wildman–Crippen MR) is 49.5 cm³/mol. The molecule has 0 saturated heterocycles. The van der Waals surface area contributed by atoms with Gasteiger partial charge in [-0.3, -0.25) is 0 Å². The van der Waals surface area contributed by atoms with Gasteiger partial charge in [0.15, 0.2) is 0 Å². The number of benzene rings is 1. The van der Waals surface area contributed by atoms with Crippen molar-refractivity contribution in [2.45, 2.75) is 32.1 Å². The van der Waals surface area contributed by atoms with Crippen molar-refractivity contribution < 1.29 is 5.11 Å². The van der Waals surface area contributed by atoms with Crippen molar-refractivity contribution in [3.63, 3.8) is 0 Å². The summed E-state index contributed by atoms with van der Waals surface area (Å²) in [6.45, 7) is 2.26. The minimum absolute atomic E-state index is 0.405. The van der Waals surface area contributed by atoms with E-state index in [1.54, 1.807) is 6.07 Å². The van der Waals surface area contributed by atoms with E-state index < -0.39 is 0 Å². The van der Waals surface area contributed by atoms with Crippen LogP contribution in [0.1, 0.15) is 36.8 Å². The summed E-state index contributed by atoms with van der Waals surface area (Å²) in [5, 5.41) is 9.27. The maximum absolute atomic E-state index is 9.27. The summed E-state index contributed by atoms with van der Waals surface area (Å²) in [7, 11) is 0. The van der Waals surface area contributed by atoms with Gasteiger partial charge in [0.1, 0.15) is 5.75 Å². The van der Waals surface area contributed by atoms with Gasteiger partial charge in [0, 0.05) is 0 Å². The highest BCUT2D eigenvalue weighted by atomic mass is 16.3. The van der Waals surface area contributed by atoms with E-state index in [1.165, 1.54) is 24.0 Å². The number of phenolic OH excluding ortho intramolecular Hbond substituents is 1. The Bertz CT molecular complexity index is 291. The first-order valence-corrected chi connectivity index (χ1v) is 4.59. The van der Waals surface area contributed by atoms with Gasteiger partial charge in [-0.15, -0.1) is 0 Å². The molecular formula is C11H14O. The molecule has 0 bridgehead atoms. The molecule has 2 rings (SSSR count). The van der Waals surface area contributed by atoms with Crippen LogP contribution in [0.5, 0.6) is 5.75 Å². The molecule has 12 heavy (non-hydrogen) atoms. The molecule has 0 radical (unpaired) electrons. The molecule has 1 nitrogen and oxygen atoms in total. The van der Waals surface area contributed by atoms with Crippen LogP contribution in [0.4, 0.5) is 0 Å². The Morgan fingerprint density at radius 2 is 2.25 bits per heavy atom. The minimum Gasteiger partial charge on any atom is -0.508 e. The number of fused-ring (bicyclic) bond motifs is 1. The number of phenols is 1. The van der Waals surface area contributed by atoms with Crippen molar-refractivity contribution in [2.75, 3.05) is 0 Å². The van der Waals surface area contributed by atoms with Gasteiger partial charge in [-0.1, -0.05) is 13.0 Å². The lowest BCUT2D eigenvalue weighted by Crippen LogP contribution is -2.06. The Labute approximate surface area is 73.0 Å². The second kappa shape index (κ2) is 2.81. The molecule has 0 fully saturated rings. The molecule has 1 aliphatic carbocycles. The molecule has 0 amide bonds. The van der Waals surface area contributed by atoms with Gasteiger partial charge in [0.25, 0.3) is 0 Å². The van der Waals surface area contributed by atoms with E-state index in [0.717, 1.165) is 6.42 Å². The van der Waals surface area contributed by atoms with E-state index in [1.807, 2.05) is 6.07 Å². The molecule has 0 heterocycles. The molecule has 64 valence electrons. The van der Waals surface area contributed by atoms with Crippen LogP contribution in [0.25, 0.3) is 0 Å². The van der Waals surface area contributed by atoms with Crippen molar-refractivity contribution in [2.24, 2.45) is 0 Å². The number of hydrogen-bond donors (Lipinski definition) is 1. The Balaban J connectivity index is 2.46. The molecule has 0 aliphatic heterocycles. The molecule has 0 aromatic heterocycles. The molecule has 1 heteroatoms. The third-order valence-electron chi connectivity index (χ3n) is 2.74. The summed E-state index contributed by atoms with van der Waals surface area (Å²) in [5.41, 5.74) is 2.77. The van der Waals surface area contributed by atoms with Gasteiger partial charge in [-0.25, -0.2) is 0 Å². The zero-order valence-electron chi connectivity index (χ0n) is 7.38. The van der Waals surface area contributed by atoms with Crippen molar-refractivity contribution in [3.8, 4) is 5.75 Å². The number of aryl methyl sites for hydroxylation is 1. The van der Waals surface area contributed by atoms with Crippen molar-refractivity contribution in [1.82, 2.24) is 0 Å². The largest absolute Gasteiger partial charge is 0.508 e. The Morgan fingerprint density at radius 1 is 1.42 bits per heavy atom. The molecule has 0 saturated carbocycles. The quantitative estimate of drug-likeness (QED) is 0.622. The molecule has 1 atom stereocenters. The van der Waals surface area contributed by atoms with Crippen LogP contribution in [-0.2, 0) is 6.42 Å². The van der Waals surface area contributed by atoms with Crippen LogP contribution in [-0.4, -0.2) is 5.11 Å². The maximum atomic E-state index is 9.27. The summed E-state index contributed by atoms with van der Waals surface area (Å²) in [6, 6.07) is 5.76. The first-order chi connectivity index (χ1) is 5.77. The first-order valence-electron chi connectivity index (χ1n) is 4.59. The second-order valence-electron chi connectivity index (χ2n) is 3.68. The van der Waals surface area contributed by atoms with Gasteiger partial charge in [0.05, 0.1) is 0 Å². The molecule has 1 aromatic carbocycles. The van der Waals surface area contributed by atoms with Crippen LogP contribution in [0.2, 0.25) is 0 Å². The Morgan fingerprint density at radius 3 is 3.08 bits per heavy atom. The molecule has 0 spiro atoms. The van der Waals surface area contributed by atoms with Crippen molar-refractivity contribution in [1.29, 1.82) is 0 Å². The monoisotopic (exact) mass is 162 g/mol. The van der Waals surface area contributed by atoms with Gasteiger partial charge in [-0.2, -0.15) is 0 Å². The SMILES string of the molecule is CC1CCCc2cc(O)ccc21. The van der Waals surface area contributed by atoms with E-state index in [4.69, 9.17) is 0 Å². The zero-order chi connectivity index (χ0) is 8.55. The molecule has 1 aliphatic rings. The van der Waals surface area contributed by atoms with Gasteiger partial charge >= 0.3 is 0 Å². The lowest BCUT2D eigenvalue weighted by Gasteiger charge is -2.21. The predicted octanol–water partition coefficient (Wildman–Crippen LogP) is 2.83. The number of hydrogen-bond acceptors (Lipinski definition) is 1. The first kappa shape index (κ1) is 7.66. The lowest BCUT2D eigenvalue weighted by atomic mass is 9.84. The highest BCUT2D eigenvalue weighted by Gasteiger charge is 2.15. The summed E-state index contributed by atoms with van der Waals surface area (Å²) in [5.74, 6) is 1.08. The average Bonchev–Trinajstić information content (AvgIpc) is 2.04. The summed E-state index contributed by atoms with van der Waals surface area (Å²) >= 11 is 0. The van der Waals surface area contributed by atoms with Crippen LogP contribution in [0.15, 0.2) is 18.2 Å². The van der Waals surface area contributed by atoms with Crippen molar-refractivity contribution >= 4 is 0 Å². The summed E-state index contributed by atoms with van der Waals surface area (Å²) < 4.78 is 0. The highest BCUT2D eigenvalue weighted by molar-refractivity contribution is 5.38. The summed E-state index contributed by atoms with van der Waals surface area (Å²) in [4.78, 5) is 0. The van der Waals surface area contributed by atoms with Crippen LogP contribution < -0.4 is 0 Å². The van der Waals surface area contributed by atoms with Gasteiger partial charge in [0.2, 0.25) is 0 Å². The fraction of sp³-hybridized carbons (Fsp3) is 0.455. The van der Waals surface area contributed by atoms with Crippen LogP contribution >= 0.6 is 0 Å². The second-order valence-corrected chi connectivity index (χ2v) is 3.68. The molecular weight excluding hydrogens is 148 g/mol. The average molecular weight is 162 g/mol. The number of aromatic hydroxyl groups is 1. The molecule has 1 unspecified atom stereocenters. The smallest absolute Gasteiger partial charge is 0.115 e. The van der Waals surface area contributed by atoms with Gasteiger partial charge < -0.3 is 5.11 Å². The fourth-order valence-corrected chi connectivity index (χ4v) is 2.04. The molecule has 1 aromatic rings. The Kier molecular flexibility index (Phi) is 1.80. The molecule has 1 N–H and O–H groups in total. The van der Waals surface area contributed by atoms with Crippen molar-refractivity contribution in [3.05, 3.63) is 29.3 Å². The number of rotatable bonds is 0. The minimum atomic E-state index is 0.405. The van der Waals surface area contributed by atoms with E-state index >= 15 is 0 Å². The third kappa shape index (κ3) is 1.20. The fourth-order valence-electron chi connectivity index (χ4n) is 2.04. The highest BCUT2D eigenvalue weighted by Crippen LogP contribution is 2.32. The maximum Gasteiger partial charge on any atom is 0.115 e. The standard InChI is InChI=1S/C11H14O/c1-8-3-2-4-9-7-10(12)5-6-11(8)9/h5-8,12H,2-4H2,1H3. The van der Waals surface area contributed by atoms with Gasteiger partial charge in [-0.05, 0) is 48.4 Å². The topological polar surface area (TPSA) is 20.2 Å². The van der Waals surface area contributed by atoms with E-state index in [2.05, 4.69) is 13.0 Å². The zero-order valence-corrected chi connectivity index (χ0v) is 7.38. The van der Waals surface area contributed by atoms with E-state index in [0.29, 0.717) is 11.7 Å². The third-order valence-corrected chi connectivity index (χ3v) is 2.74. The van der Waals surface area contributed by atoms with E-state index in [-0.39, 0.29) is 0 Å². The Hall–Kier alpha value is -0.980. The normalized spacial score (nSPS) is 21.9. The van der Waals surface area contributed by atoms with Crippen LogP contribution in [0.3, 0.4) is 0 Å². The van der Waals surface area contributed by atoms with Crippen LogP contribution in [0, 0.1) is 0 Å².